The maximum Gasteiger partial charge on any atom is 0.136 e. The van der Waals surface area contributed by atoms with Crippen LogP contribution in [-0.4, -0.2) is 10.6 Å². The van der Waals surface area contributed by atoms with Crippen molar-refractivity contribution in [2.75, 3.05) is 0 Å². The van der Waals surface area contributed by atoms with Gasteiger partial charge in [0, 0.05) is 53.4 Å². The van der Waals surface area contributed by atoms with Crippen molar-refractivity contribution in [1.29, 1.82) is 0 Å². The topological polar surface area (TPSA) is 44.1 Å². The molecule has 4 heteroatoms. The molecule has 0 fully saturated rings. The average Bonchev–Trinajstić information content (AvgIpc) is 3.90. The van der Waals surface area contributed by atoms with Gasteiger partial charge in [0.2, 0.25) is 0 Å². The van der Waals surface area contributed by atoms with Gasteiger partial charge in [0.05, 0.1) is 11.0 Å². The zero-order valence-electron chi connectivity index (χ0n) is 29.4. The number of nitrogens with two attached hydrogens (primary N) is 1. The van der Waals surface area contributed by atoms with E-state index in [0.717, 1.165) is 45.1 Å². The predicted octanol–water partition coefficient (Wildman–Crippen LogP) is 13.5. The summed E-state index contributed by atoms with van der Waals surface area (Å²) in [5, 5.41) is 7.25. The van der Waals surface area contributed by atoms with E-state index in [1.54, 1.807) is 0 Å². The summed E-state index contributed by atoms with van der Waals surface area (Å²) in [5.74, 6) is 0. The fourth-order valence-electron chi connectivity index (χ4n) is 8.65. The summed E-state index contributed by atoms with van der Waals surface area (Å²) < 4.78 is 11.2. The van der Waals surface area contributed by atoms with Gasteiger partial charge in [0.15, 0.2) is 0 Å². The molecule has 0 spiro atoms. The molecule has 0 saturated heterocycles. The van der Waals surface area contributed by atoms with Crippen LogP contribution in [0.25, 0.3) is 91.9 Å². The summed E-state index contributed by atoms with van der Waals surface area (Å²) in [6, 6.07) is 54.2. The van der Waals surface area contributed by atoms with Gasteiger partial charge < -0.3 is 14.7 Å². The standard InChI is InChI=1S/C50H34N2OS/c1-30(35-15-9-19-46-49(35)38-14-6-8-18-45(38)53-46)39-29-33(21-24-42(39)51)36-16-10-20-48-50(36)41-28-32(23-26-47(41)54-48)31-22-25-44-40(27-31)37-13-5-7-17-43(37)52(44)34-11-3-2-4-12-34/h2-23,25-29,42H,1,24,51H2. The van der Waals surface area contributed by atoms with Crippen LogP contribution >= 0.6 is 11.3 Å². The maximum absolute atomic E-state index is 6.87. The van der Waals surface area contributed by atoms with Crippen molar-refractivity contribution in [1.82, 2.24) is 4.57 Å². The Labute approximate surface area is 316 Å². The van der Waals surface area contributed by atoms with Crippen LogP contribution in [0.4, 0.5) is 0 Å². The highest BCUT2D eigenvalue weighted by Crippen LogP contribution is 2.44. The Bertz CT molecular complexity index is 3230. The van der Waals surface area contributed by atoms with E-state index >= 15 is 0 Å². The number of aromatic nitrogens is 1. The van der Waals surface area contributed by atoms with E-state index in [2.05, 4.69) is 151 Å². The van der Waals surface area contributed by atoms with Crippen molar-refractivity contribution >= 4 is 86.4 Å². The second kappa shape index (κ2) is 12.0. The fraction of sp³-hybridized carbons (Fsp3) is 0.0400. The molecular formula is C50H34N2OS. The molecule has 1 atom stereocenters. The summed E-state index contributed by atoms with van der Waals surface area (Å²) in [5.41, 5.74) is 20.1. The molecule has 1 unspecified atom stereocenters. The summed E-state index contributed by atoms with van der Waals surface area (Å²) in [6.45, 7) is 4.65. The number of para-hydroxylation sites is 3. The predicted molar refractivity (Wildman–Crippen MR) is 231 cm³/mol. The molecule has 3 aromatic heterocycles. The first kappa shape index (κ1) is 31.1. The number of hydrogen-bond donors (Lipinski definition) is 1. The number of hydrogen-bond acceptors (Lipinski definition) is 3. The Hall–Kier alpha value is -6.46. The van der Waals surface area contributed by atoms with Crippen molar-refractivity contribution in [3.63, 3.8) is 0 Å². The van der Waals surface area contributed by atoms with Gasteiger partial charge in [-0.25, -0.2) is 0 Å². The molecule has 7 aromatic carbocycles. The van der Waals surface area contributed by atoms with Crippen LogP contribution in [-0.2, 0) is 0 Å². The van der Waals surface area contributed by atoms with E-state index in [9.17, 15) is 0 Å². The van der Waals surface area contributed by atoms with Gasteiger partial charge in [-0.15, -0.1) is 11.3 Å². The number of thiophene rings is 1. The number of nitrogens with zero attached hydrogens (tertiary/aromatic N) is 1. The Kier molecular flexibility index (Phi) is 6.93. The number of rotatable bonds is 5. The molecule has 0 aliphatic heterocycles. The first-order valence-electron chi connectivity index (χ1n) is 18.4. The van der Waals surface area contributed by atoms with Gasteiger partial charge in [-0.1, -0.05) is 104 Å². The van der Waals surface area contributed by atoms with Crippen LogP contribution in [0.2, 0.25) is 0 Å². The first-order valence-corrected chi connectivity index (χ1v) is 19.2. The second-order valence-electron chi connectivity index (χ2n) is 14.3. The van der Waals surface area contributed by atoms with Crippen LogP contribution in [0, 0.1) is 0 Å². The van der Waals surface area contributed by atoms with Crippen molar-refractivity contribution in [3.8, 4) is 16.8 Å². The van der Waals surface area contributed by atoms with E-state index in [4.69, 9.17) is 10.2 Å². The van der Waals surface area contributed by atoms with Crippen molar-refractivity contribution in [2.45, 2.75) is 12.5 Å². The molecule has 10 aromatic rings. The molecule has 1 aliphatic rings. The summed E-state index contributed by atoms with van der Waals surface area (Å²) >= 11 is 1.85. The molecule has 0 radical (unpaired) electrons. The number of furan rings is 1. The lowest BCUT2D eigenvalue weighted by molar-refractivity contribution is 0.669. The van der Waals surface area contributed by atoms with Gasteiger partial charge in [0.25, 0.3) is 0 Å². The second-order valence-corrected chi connectivity index (χ2v) is 15.4. The highest BCUT2D eigenvalue weighted by Gasteiger charge is 2.23. The molecule has 256 valence electrons. The summed E-state index contributed by atoms with van der Waals surface area (Å²) in [6.07, 6.45) is 5.31. The van der Waals surface area contributed by atoms with E-state index in [-0.39, 0.29) is 6.04 Å². The van der Waals surface area contributed by atoms with Crippen LogP contribution in [0.15, 0.2) is 180 Å². The number of benzene rings is 7. The van der Waals surface area contributed by atoms with Crippen LogP contribution in [0.3, 0.4) is 0 Å². The third-order valence-corrected chi connectivity index (χ3v) is 12.3. The highest BCUT2D eigenvalue weighted by molar-refractivity contribution is 7.25. The third-order valence-electron chi connectivity index (χ3n) is 11.2. The molecule has 3 heterocycles. The minimum atomic E-state index is -0.151. The van der Waals surface area contributed by atoms with E-state index < -0.39 is 0 Å². The molecule has 1 aliphatic carbocycles. The molecule has 0 bridgehead atoms. The molecule has 0 amide bonds. The molecule has 3 nitrogen and oxygen atoms in total. The quantitative estimate of drug-likeness (QED) is 0.193. The lowest BCUT2D eigenvalue weighted by Gasteiger charge is -2.23. The zero-order valence-corrected chi connectivity index (χ0v) is 30.2. The van der Waals surface area contributed by atoms with Crippen molar-refractivity contribution in [3.05, 3.63) is 187 Å². The van der Waals surface area contributed by atoms with Crippen LogP contribution < -0.4 is 5.73 Å². The highest BCUT2D eigenvalue weighted by atomic mass is 32.1. The monoisotopic (exact) mass is 710 g/mol. The van der Waals surface area contributed by atoms with Gasteiger partial charge in [-0.05, 0) is 112 Å². The van der Waals surface area contributed by atoms with E-state index in [1.807, 2.05) is 35.6 Å². The van der Waals surface area contributed by atoms with Gasteiger partial charge in [-0.2, -0.15) is 0 Å². The van der Waals surface area contributed by atoms with Gasteiger partial charge >= 0.3 is 0 Å². The molecule has 2 N–H and O–H groups in total. The molecule has 11 rings (SSSR count). The Morgan fingerprint density at radius 3 is 2.24 bits per heavy atom. The fourth-order valence-corrected chi connectivity index (χ4v) is 9.76. The van der Waals surface area contributed by atoms with Gasteiger partial charge in [-0.3, -0.25) is 0 Å². The van der Waals surface area contributed by atoms with Crippen molar-refractivity contribution < 1.29 is 4.42 Å². The largest absolute Gasteiger partial charge is 0.456 e. The first-order chi connectivity index (χ1) is 26.6. The number of fused-ring (bicyclic) bond motifs is 9. The molecule has 54 heavy (non-hydrogen) atoms. The average molecular weight is 711 g/mol. The Morgan fingerprint density at radius 2 is 1.35 bits per heavy atom. The van der Waals surface area contributed by atoms with Crippen molar-refractivity contribution in [2.24, 2.45) is 5.73 Å². The minimum absolute atomic E-state index is 0.151. The smallest absolute Gasteiger partial charge is 0.136 e. The lowest BCUT2D eigenvalue weighted by Crippen LogP contribution is -2.24. The van der Waals surface area contributed by atoms with E-state index in [1.165, 1.54) is 69.9 Å². The zero-order chi connectivity index (χ0) is 35.9. The van der Waals surface area contributed by atoms with Crippen LogP contribution in [0.5, 0.6) is 0 Å². The maximum atomic E-state index is 6.87. The summed E-state index contributed by atoms with van der Waals surface area (Å²) in [7, 11) is 0. The SMILES string of the molecule is C=C(C1=CC(c2cccc3sc4ccc(-c5ccc6c(c5)c5ccccc5n6-c5ccccc5)cc4c23)=CCC1N)c1cccc2oc3ccccc3c12. The van der Waals surface area contributed by atoms with Gasteiger partial charge in [0.1, 0.15) is 11.2 Å². The Morgan fingerprint density at radius 1 is 0.630 bits per heavy atom. The number of allylic oxidation sites excluding steroid dienone is 2. The minimum Gasteiger partial charge on any atom is -0.456 e. The summed E-state index contributed by atoms with van der Waals surface area (Å²) in [4.78, 5) is 0. The lowest BCUT2D eigenvalue weighted by atomic mass is 9.83. The van der Waals surface area contributed by atoms with E-state index in [0.29, 0.717) is 0 Å². The normalized spacial score (nSPS) is 14.8. The molecular weight excluding hydrogens is 677 g/mol. The van der Waals surface area contributed by atoms with Crippen LogP contribution in [0.1, 0.15) is 17.5 Å². The molecule has 0 saturated carbocycles. The Balaban J connectivity index is 1.03. The third kappa shape index (κ3) is 4.71.